The first-order valence-electron chi connectivity index (χ1n) is 9.44. The number of nitrogens with one attached hydrogen (secondary N) is 1. The van der Waals surface area contributed by atoms with Crippen molar-refractivity contribution < 1.29 is 35.8 Å². The molecule has 34 heavy (non-hydrogen) atoms. The first-order valence-corrected chi connectivity index (χ1v) is 10.3. The zero-order valence-electron chi connectivity index (χ0n) is 17.7. The van der Waals surface area contributed by atoms with Crippen LogP contribution in [0.2, 0.25) is 0 Å². The van der Waals surface area contributed by atoms with Crippen LogP contribution in [0.5, 0.6) is 11.5 Å². The van der Waals surface area contributed by atoms with Crippen molar-refractivity contribution in [2.45, 2.75) is 18.9 Å². The van der Waals surface area contributed by atoms with Gasteiger partial charge in [0.2, 0.25) is 0 Å². The van der Waals surface area contributed by atoms with E-state index in [9.17, 15) is 26.3 Å². The smallest absolute Gasteiger partial charge is 0.416 e. The molecule has 0 fully saturated rings. The maximum Gasteiger partial charge on any atom is 0.416 e. The Balaban J connectivity index is 1.84. The molecule has 0 aliphatic heterocycles. The highest BCUT2D eigenvalue weighted by Gasteiger charge is 2.37. The number of alkyl halides is 6. The molecule has 0 saturated heterocycles. The van der Waals surface area contributed by atoms with Crippen molar-refractivity contribution in [1.82, 2.24) is 4.98 Å². The Kier molecular flexibility index (Phi) is 7.24. The number of rotatable bonds is 6. The molecular formula is C21H18F6N4O2S. The van der Waals surface area contributed by atoms with E-state index in [4.69, 9.17) is 15.2 Å². The molecule has 0 unspecified atom stereocenters. The van der Waals surface area contributed by atoms with Crippen LogP contribution in [-0.2, 0) is 18.9 Å². The SMILES string of the molecule is COc1cccc(OC)c1CN=C(N)Nc1nc(-c2cc(C(F)(F)F)cc(C(F)(F)F)c2)cs1. The monoisotopic (exact) mass is 504 g/mol. The van der Waals surface area contributed by atoms with Crippen molar-refractivity contribution in [3.8, 4) is 22.8 Å². The molecule has 0 aliphatic carbocycles. The van der Waals surface area contributed by atoms with Gasteiger partial charge in [-0.25, -0.2) is 9.98 Å². The van der Waals surface area contributed by atoms with E-state index in [1.54, 1.807) is 18.2 Å². The van der Waals surface area contributed by atoms with Crippen LogP contribution in [0, 0.1) is 0 Å². The highest BCUT2D eigenvalue weighted by molar-refractivity contribution is 7.14. The van der Waals surface area contributed by atoms with Crippen LogP contribution in [0.4, 0.5) is 31.5 Å². The molecule has 0 amide bonds. The van der Waals surface area contributed by atoms with Gasteiger partial charge in [0.15, 0.2) is 11.1 Å². The molecule has 2 aromatic carbocycles. The Morgan fingerprint density at radius 1 is 1.00 bits per heavy atom. The summed E-state index contributed by atoms with van der Waals surface area (Å²) >= 11 is 0.941. The third-order valence-corrected chi connectivity index (χ3v) is 5.32. The van der Waals surface area contributed by atoms with Gasteiger partial charge in [0, 0.05) is 10.9 Å². The molecule has 0 saturated carbocycles. The van der Waals surface area contributed by atoms with Crippen LogP contribution in [0.1, 0.15) is 16.7 Å². The van der Waals surface area contributed by atoms with Crippen molar-refractivity contribution in [2.24, 2.45) is 10.7 Å². The number of guanidine groups is 1. The largest absolute Gasteiger partial charge is 0.496 e. The second-order valence-corrected chi connectivity index (χ2v) is 7.66. The third-order valence-electron chi connectivity index (χ3n) is 4.56. The van der Waals surface area contributed by atoms with Gasteiger partial charge in [-0.15, -0.1) is 11.3 Å². The zero-order chi connectivity index (χ0) is 25.1. The second-order valence-electron chi connectivity index (χ2n) is 6.80. The maximum atomic E-state index is 13.1. The number of thiazole rings is 1. The van der Waals surface area contributed by atoms with E-state index < -0.39 is 23.5 Å². The summed E-state index contributed by atoms with van der Waals surface area (Å²) < 4.78 is 89.2. The molecule has 3 aromatic rings. The summed E-state index contributed by atoms with van der Waals surface area (Å²) in [6.45, 7) is 0.0762. The molecule has 0 bridgehead atoms. The molecular weight excluding hydrogens is 486 g/mol. The van der Waals surface area contributed by atoms with Crippen molar-refractivity contribution >= 4 is 22.4 Å². The van der Waals surface area contributed by atoms with E-state index in [2.05, 4.69) is 15.3 Å². The molecule has 0 radical (unpaired) electrons. The molecule has 182 valence electrons. The Labute approximate surface area is 194 Å². The lowest BCUT2D eigenvalue weighted by Crippen LogP contribution is -2.22. The number of methoxy groups -OCH3 is 2. The lowest BCUT2D eigenvalue weighted by molar-refractivity contribution is -0.143. The number of hydrogen-bond donors (Lipinski definition) is 2. The Morgan fingerprint density at radius 2 is 1.56 bits per heavy atom. The molecule has 3 N–H and O–H groups in total. The predicted octanol–water partition coefficient (Wildman–Crippen LogP) is 5.79. The van der Waals surface area contributed by atoms with Gasteiger partial charge in [-0.2, -0.15) is 26.3 Å². The molecule has 6 nitrogen and oxygen atoms in total. The van der Waals surface area contributed by atoms with Crippen molar-refractivity contribution in [2.75, 3.05) is 19.5 Å². The number of hydrogen-bond acceptors (Lipinski definition) is 5. The summed E-state index contributed by atoms with van der Waals surface area (Å²) in [6.07, 6.45) is -9.91. The van der Waals surface area contributed by atoms with Gasteiger partial charge in [-0.3, -0.25) is 0 Å². The molecule has 13 heteroatoms. The first kappa shape index (κ1) is 25.1. The Bertz CT molecular complexity index is 1140. The van der Waals surface area contributed by atoms with Crippen molar-refractivity contribution in [3.63, 3.8) is 0 Å². The number of ether oxygens (including phenoxy) is 2. The number of nitrogens with two attached hydrogens (primary N) is 1. The van der Waals surface area contributed by atoms with E-state index in [1.165, 1.54) is 19.6 Å². The van der Waals surface area contributed by atoms with Crippen molar-refractivity contribution in [3.05, 3.63) is 58.5 Å². The molecule has 1 aromatic heterocycles. The summed E-state index contributed by atoms with van der Waals surface area (Å²) in [5.74, 6) is 0.976. The van der Waals surface area contributed by atoms with E-state index >= 15 is 0 Å². The molecule has 1 heterocycles. The van der Waals surface area contributed by atoms with Crippen LogP contribution < -0.4 is 20.5 Å². The number of benzene rings is 2. The van der Waals surface area contributed by atoms with Crippen LogP contribution in [0.15, 0.2) is 46.8 Å². The normalized spacial score (nSPS) is 12.5. The first-order chi connectivity index (χ1) is 15.9. The van der Waals surface area contributed by atoms with Crippen LogP contribution in [0.3, 0.4) is 0 Å². The Morgan fingerprint density at radius 3 is 2.06 bits per heavy atom. The summed E-state index contributed by atoms with van der Waals surface area (Å²) in [7, 11) is 2.97. The van der Waals surface area contributed by atoms with Gasteiger partial charge in [0.1, 0.15) is 11.5 Å². The van der Waals surface area contributed by atoms with Crippen LogP contribution in [0.25, 0.3) is 11.3 Å². The van der Waals surface area contributed by atoms with E-state index in [1.807, 2.05) is 0 Å². The minimum Gasteiger partial charge on any atom is -0.496 e. The Hall–Kier alpha value is -3.48. The number of halogens is 6. The molecule has 0 aliphatic rings. The minimum absolute atomic E-state index is 0.0613. The number of nitrogens with zero attached hydrogens (tertiary/aromatic N) is 2. The van der Waals surface area contributed by atoms with Gasteiger partial charge in [-0.1, -0.05) is 6.07 Å². The topological polar surface area (TPSA) is 81.8 Å². The lowest BCUT2D eigenvalue weighted by Gasteiger charge is -2.13. The quantitative estimate of drug-likeness (QED) is 0.252. The average molecular weight is 504 g/mol. The zero-order valence-corrected chi connectivity index (χ0v) is 18.5. The fourth-order valence-electron chi connectivity index (χ4n) is 2.96. The van der Waals surface area contributed by atoms with Crippen molar-refractivity contribution in [1.29, 1.82) is 0 Å². The van der Waals surface area contributed by atoms with Crippen LogP contribution >= 0.6 is 11.3 Å². The maximum absolute atomic E-state index is 13.1. The third kappa shape index (κ3) is 5.90. The van der Waals surface area contributed by atoms with E-state index in [0.717, 1.165) is 11.3 Å². The minimum atomic E-state index is -4.95. The molecule has 0 atom stereocenters. The van der Waals surface area contributed by atoms with Gasteiger partial charge in [-0.05, 0) is 30.3 Å². The molecule has 0 spiro atoms. The van der Waals surface area contributed by atoms with Crippen LogP contribution in [-0.4, -0.2) is 25.2 Å². The highest BCUT2D eigenvalue weighted by atomic mass is 32.1. The predicted molar refractivity (Wildman–Crippen MR) is 116 cm³/mol. The fourth-order valence-corrected chi connectivity index (χ4v) is 3.69. The lowest BCUT2D eigenvalue weighted by atomic mass is 10.0. The number of aromatic nitrogens is 1. The second kappa shape index (κ2) is 9.79. The summed E-state index contributed by atoms with van der Waals surface area (Å²) in [5, 5.41) is 4.12. The van der Waals surface area contributed by atoms with Gasteiger partial charge in [0.25, 0.3) is 0 Å². The standard InChI is InChI=1S/C21H18F6N4O2S/c1-32-16-4-3-5-17(33-2)14(16)9-29-18(28)31-19-30-15(10-34-19)11-6-12(20(22,23)24)8-13(7-11)21(25,26)27/h3-8,10H,9H2,1-2H3,(H3,28,29,30,31). The summed E-state index contributed by atoms with van der Waals surface area (Å²) in [5.41, 5.74) is 3.24. The summed E-state index contributed by atoms with van der Waals surface area (Å²) in [6, 6.07) is 6.45. The van der Waals surface area contributed by atoms with E-state index in [0.29, 0.717) is 29.2 Å². The number of aliphatic imine (C=N–C) groups is 1. The van der Waals surface area contributed by atoms with E-state index in [-0.39, 0.29) is 35.0 Å². The number of anilines is 1. The van der Waals surface area contributed by atoms with Gasteiger partial charge < -0.3 is 20.5 Å². The van der Waals surface area contributed by atoms with Gasteiger partial charge in [0.05, 0.1) is 43.1 Å². The average Bonchev–Trinajstić information content (AvgIpc) is 3.24. The highest BCUT2D eigenvalue weighted by Crippen LogP contribution is 2.39. The fraction of sp³-hybridized carbons (Fsp3) is 0.238. The van der Waals surface area contributed by atoms with Gasteiger partial charge >= 0.3 is 12.4 Å². The molecule has 3 rings (SSSR count). The summed E-state index contributed by atoms with van der Waals surface area (Å²) in [4.78, 5) is 8.23.